The Labute approximate surface area is 127 Å². The molecule has 0 bridgehead atoms. The highest BCUT2D eigenvalue weighted by Gasteiger charge is 2.23. The van der Waals surface area contributed by atoms with E-state index >= 15 is 0 Å². The number of benzene rings is 1. The Balaban J connectivity index is 2.12. The number of likely N-dealkylation sites (N-methyl/N-ethyl adjacent to an activating group) is 1. The lowest BCUT2D eigenvalue weighted by molar-refractivity contribution is -0.0156. The number of rotatable bonds is 4. The van der Waals surface area contributed by atoms with Gasteiger partial charge in [-0.15, -0.1) is 0 Å². The van der Waals surface area contributed by atoms with Crippen molar-refractivity contribution in [1.82, 2.24) is 9.62 Å². The molecule has 0 amide bonds. The van der Waals surface area contributed by atoms with Gasteiger partial charge in [-0.05, 0) is 38.9 Å². The van der Waals surface area contributed by atoms with Crippen LogP contribution in [0.1, 0.15) is 16.7 Å². The van der Waals surface area contributed by atoms with Crippen LogP contribution in [0.25, 0.3) is 0 Å². The maximum atomic E-state index is 12.5. The minimum atomic E-state index is -3.50. The van der Waals surface area contributed by atoms with Crippen LogP contribution in [0.5, 0.6) is 0 Å². The number of hydrogen-bond donors (Lipinski definition) is 1. The Morgan fingerprint density at radius 3 is 2.48 bits per heavy atom. The summed E-state index contributed by atoms with van der Waals surface area (Å²) in [6.07, 6.45) is -0.0930. The molecule has 1 unspecified atom stereocenters. The van der Waals surface area contributed by atoms with E-state index in [4.69, 9.17) is 4.74 Å². The Morgan fingerprint density at radius 1 is 1.29 bits per heavy atom. The first-order chi connectivity index (χ1) is 9.79. The lowest BCUT2D eigenvalue weighted by atomic mass is 10.1. The molecular weight excluding hydrogens is 288 g/mol. The molecule has 0 saturated carbocycles. The van der Waals surface area contributed by atoms with E-state index in [0.29, 0.717) is 18.0 Å². The molecule has 0 radical (unpaired) electrons. The van der Waals surface area contributed by atoms with Crippen molar-refractivity contribution in [3.05, 3.63) is 28.8 Å². The van der Waals surface area contributed by atoms with Gasteiger partial charge in [-0.1, -0.05) is 17.7 Å². The van der Waals surface area contributed by atoms with Gasteiger partial charge in [-0.2, -0.15) is 0 Å². The zero-order valence-electron chi connectivity index (χ0n) is 13.1. The largest absolute Gasteiger partial charge is 0.374 e. The second kappa shape index (κ2) is 6.44. The van der Waals surface area contributed by atoms with E-state index in [1.54, 1.807) is 0 Å². The van der Waals surface area contributed by atoms with Crippen LogP contribution in [0.4, 0.5) is 0 Å². The van der Waals surface area contributed by atoms with Crippen LogP contribution in [0, 0.1) is 20.8 Å². The van der Waals surface area contributed by atoms with Crippen LogP contribution < -0.4 is 4.72 Å². The minimum Gasteiger partial charge on any atom is -0.374 e. The van der Waals surface area contributed by atoms with Gasteiger partial charge in [0.15, 0.2) is 0 Å². The van der Waals surface area contributed by atoms with E-state index in [0.717, 1.165) is 29.8 Å². The molecule has 2 rings (SSSR count). The van der Waals surface area contributed by atoms with E-state index in [1.165, 1.54) is 0 Å². The van der Waals surface area contributed by atoms with Crippen molar-refractivity contribution in [1.29, 1.82) is 0 Å². The Bertz CT molecular complexity index is 590. The standard InChI is InChI=1S/C15H24N2O3S/c1-11-7-12(2)15(13(3)8-11)21(18,19)16-9-14-10-17(4)5-6-20-14/h7-8,14,16H,5-6,9-10H2,1-4H3. The third-order valence-corrected chi connectivity index (χ3v) is 5.44. The van der Waals surface area contributed by atoms with Crippen molar-refractivity contribution in [2.75, 3.05) is 33.3 Å². The SMILES string of the molecule is Cc1cc(C)c(S(=O)(=O)NCC2CN(C)CCO2)c(C)c1. The van der Waals surface area contributed by atoms with Gasteiger partial charge in [-0.3, -0.25) is 0 Å². The molecule has 1 aliphatic rings. The maximum absolute atomic E-state index is 12.5. The molecule has 21 heavy (non-hydrogen) atoms. The fourth-order valence-corrected chi connectivity index (χ4v) is 4.37. The molecule has 5 nitrogen and oxygen atoms in total. The molecule has 1 aromatic rings. The molecule has 1 saturated heterocycles. The number of ether oxygens (including phenoxy) is 1. The minimum absolute atomic E-state index is 0.0930. The summed E-state index contributed by atoms with van der Waals surface area (Å²) in [7, 11) is -1.49. The first kappa shape index (κ1) is 16.4. The highest BCUT2D eigenvalue weighted by Crippen LogP contribution is 2.21. The number of morpholine rings is 1. The first-order valence-electron chi connectivity index (χ1n) is 7.17. The number of nitrogens with zero attached hydrogens (tertiary/aromatic N) is 1. The van der Waals surface area contributed by atoms with Gasteiger partial charge in [0.2, 0.25) is 10.0 Å². The molecule has 1 atom stereocenters. The van der Waals surface area contributed by atoms with E-state index in [2.05, 4.69) is 9.62 Å². The highest BCUT2D eigenvalue weighted by molar-refractivity contribution is 7.89. The number of hydrogen-bond acceptors (Lipinski definition) is 4. The third-order valence-electron chi connectivity index (χ3n) is 3.72. The van der Waals surface area contributed by atoms with Gasteiger partial charge in [0.25, 0.3) is 0 Å². The Kier molecular flexibility index (Phi) is 5.03. The fraction of sp³-hybridized carbons (Fsp3) is 0.600. The molecule has 1 fully saturated rings. The molecule has 118 valence electrons. The van der Waals surface area contributed by atoms with Gasteiger partial charge < -0.3 is 9.64 Å². The summed E-state index contributed by atoms with van der Waals surface area (Å²) in [4.78, 5) is 2.53. The molecule has 1 N–H and O–H groups in total. The van der Waals surface area contributed by atoms with Crippen LogP contribution >= 0.6 is 0 Å². The number of sulfonamides is 1. The monoisotopic (exact) mass is 312 g/mol. The van der Waals surface area contributed by atoms with Crippen molar-refractivity contribution < 1.29 is 13.2 Å². The molecular formula is C15H24N2O3S. The normalized spacial score (nSPS) is 20.7. The van der Waals surface area contributed by atoms with Crippen molar-refractivity contribution in [3.63, 3.8) is 0 Å². The van der Waals surface area contributed by atoms with Crippen molar-refractivity contribution in [2.45, 2.75) is 31.8 Å². The third kappa shape index (κ3) is 4.03. The Morgan fingerprint density at radius 2 is 1.90 bits per heavy atom. The number of nitrogens with one attached hydrogen (secondary N) is 1. The van der Waals surface area contributed by atoms with E-state index in [1.807, 2.05) is 40.0 Å². The van der Waals surface area contributed by atoms with E-state index in [-0.39, 0.29) is 6.10 Å². The Hall–Kier alpha value is -0.950. The molecule has 1 aliphatic heterocycles. The summed E-state index contributed by atoms with van der Waals surface area (Å²) in [6.45, 7) is 8.22. The molecule has 6 heteroatoms. The van der Waals surface area contributed by atoms with Crippen molar-refractivity contribution in [2.24, 2.45) is 0 Å². The first-order valence-corrected chi connectivity index (χ1v) is 8.65. The zero-order valence-corrected chi connectivity index (χ0v) is 14.0. The van der Waals surface area contributed by atoms with Gasteiger partial charge in [0, 0.05) is 19.6 Å². The zero-order chi connectivity index (χ0) is 15.6. The summed E-state index contributed by atoms with van der Waals surface area (Å²) >= 11 is 0. The van der Waals surface area contributed by atoms with Gasteiger partial charge in [0.05, 0.1) is 17.6 Å². The van der Waals surface area contributed by atoms with Crippen LogP contribution in [-0.4, -0.2) is 52.7 Å². The second-order valence-electron chi connectivity index (χ2n) is 5.83. The van der Waals surface area contributed by atoms with E-state index < -0.39 is 10.0 Å². The van der Waals surface area contributed by atoms with Crippen LogP contribution in [-0.2, 0) is 14.8 Å². The van der Waals surface area contributed by atoms with E-state index in [9.17, 15) is 8.42 Å². The second-order valence-corrected chi connectivity index (χ2v) is 7.54. The summed E-state index contributed by atoms with van der Waals surface area (Å²) in [5.74, 6) is 0. The van der Waals surface area contributed by atoms with Gasteiger partial charge in [-0.25, -0.2) is 13.1 Å². The topological polar surface area (TPSA) is 58.6 Å². The average Bonchev–Trinajstić information content (AvgIpc) is 2.35. The lowest BCUT2D eigenvalue weighted by Gasteiger charge is -2.30. The number of aryl methyl sites for hydroxylation is 3. The van der Waals surface area contributed by atoms with Crippen LogP contribution in [0.15, 0.2) is 17.0 Å². The molecule has 0 aromatic heterocycles. The van der Waals surface area contributed by atoms with Gasteiger partial charge in [0.1, 0.15) is 0 Å². The molecule has 1 heterocycles. The maximum Gasteiger partial charge on any atom is 0.241 e. The van der Waals surface area contributed by atoms with Crippen molar-refractivity contribution >= 4 is 10.0 Å². The van der Waals surface area contributed by atoms with Crippen LogP contribution in [0.3, 0.4) is 0 Å². The highest BCUT2D eigenvalue weighted by atomic mass is 32.2. The summed E-state index contributed by atoms with van der Waals surface area (Å²) < 4.78 is 33.3. The summed E-state index contributed by atoms with van der Waals surface area (Å²) in [6, 6.07) is 3.79. The lowest BCUT2D eigenvalue weighted by Crippen LogP contribution is -2.46. The van der Waals surface area contributed by atoms with Crippen LogP contribution in [0.2, 0.25) is 0 Å². The quantitative estimate of drug-likeness (QED) is 0.908. The van der Waals surface area contributed by atoms with Crippen molar-refractivity contribution in [3.8, 4) is 0 Å². The molecule has 0 aliphatic carbocycles. The predicted octanol–water partition coefficient (Wildman–Crippen LogP) is 1.22. The summed E-state index contributed by atoms with van der Waals surface area (Å²) in [5.41, 5.74) is 2.63. The average molecular weight is 312 g/mol. The molecule has 0 spiro atoms. The smallest absolute Gasteiger partial charge is 0.241 e. The van der Waals surface area contributed by atoms with Gasteiger partial charge >= 0.3 is 0 Å². The summed E-state index contributed by atoms with van der Waals surface area (Å²) in [5, 5.41) is 0. The molecule has 1 aromatic carbocycles. The fourth-order valence-electron chi connectivity index (χ4n) is 2.86. The predicted molar refractivity (Wildman–Crippen MR) is 83.1 cm³/mol.